The van der Waals surface area contributed by atoms with Crippen molar-refractivity contribution >= 4 is 6.09 Å². The maximum absolute atomic E-state index is 12.1. The van der Waals surface area contributed by atoms with Crippen LogP contribution in [0.15, 0.2) is 0 Å². The largest absolute Gasteiger partial charge is 0.444 e. The minimum absolute atomic E-state index is 0.186. The van der Waals surface area contributed by atoms with E-state index >= 15 is 0 Å². The van der Waals surface area contributed by atoms with Gasteiger partial charge in [0.2, 0.25) is 0 Å². The van der Waals surface area contributed by atoms with Crippen molar-refractivity contribution in [3.63, 3.8) is 0 Å². The van der Waals surface area contributed by atoms with Crippen LogP contribution in [-0.4, -0.2) is 41.8 Å². The van der Waals surface area contributed by atoms with Crippen LogP contribution in [0.5, 0.6) is 0 Å². The van der Waals surface area contributed by atoms with E-state index in [1.807, 2.05) is 25.7 Å². The summed E-state index contributed by atoms with van der Waals surface area (Å²) in [7, 11) is 0. The second-order valence-electron chi connectivity index (χ2n) is 6.84. The highest BCUT2D eigenvalue weighted by molar-refractivity contribution is 5.69. The number of carbonyl (C=O) groups is 1. The molecular formula is C15H28N2O3. The van der Waals surface area contributed by atoms with E-state index in [0.717, 1.165) is 32.2 Å². The first-order valence-corrected chi connectivity index (χ1v) is 7.84. The standard InChI is InChI=1S/C15H28N2O3/c1-15(2,3)19-14(18)17-10-6-7-12(17)11-16-20-13-8-4-5-9-13/h12-13,16H,4-11H2,1-3H3. The molecule has 0 aromatic heterocycles. The van der Waals surface area contributed by atoms with Crippen LogP contribution in [0.2, 0.25) is 0 Å². The lowest BCUT2D eigenvalue weighted by Crippen LogP contribution is -2.44. The molecule has 5 nitrogen and oxygen atoms in total. The molecule has 0 aromatic rings. The van der Waals surface area contributed by atoms with E-state index in [-0.39, 0.29) is 12.1 Å². The van der Waals surface area contributed by atoms with Gasteiger partial charge in [0.1, 0.15) is 5.60 Å². The average molecular weight is 284 g/mol. The molecule has 1 aliphatic carbocycles. The first kappa shape index (κ1) is 15.6. The summed E-state index contributed by atoms with van der Waals surface area (Å²) in [5.41, 5.74) is 2.63. The van der Waals surface area contributed by atoms with Gasteiger partial charge >= 0.3 is 6.09 Å². The zero-order chi connectivity index (χ0) is 14.6. The SMILES string of the molecule is CC(C)(C)OC(=O)N1CCCC1CNOC1CCCC1. The van der Waals surface area contributed by atoms with Crippen LogP contribution >= 0.6 is 0 Å². The monoisotopic (exact) mass is 284 g/mol. The summed E-state index contributed by atoms with van der Waals surface area (Å²) < 4.78 is 5.45. The molecule has 1 N–H and O–H groups in total. The lowest BCUT2D eigenvalue weighted by Gasteiger charge is -2.28. The first-order chi connectivity index (χ1) is 9.46. The molecule has 2 aliphatic rings. The summed E-state index contributed by atoms with van der Waals surface area (Å²) in [4.78, 5) is 19.6. The van der Waals surface area contributed by atoms with Crippen molar-refractivity contribution in [3.8, 4) is 0 Å². The van der Waals surface area contributed by atoms with Gasteiger partial charge in [-0.1, -0.05) is 12.8 Å². The van der Waals surface area contributed by atoms with E-state index in [4.69, 9.17) is 9.57 Å². The van der Waals surface area contributed by atoms with Crippen molar-refractivity contribution in [2.24, 2.45) is 0 Å². The molecule has 2 rings (SSSR count). The molecule has 0 spiro atoms. The number of nitrogens with zero attached hydrogens (tertiary/aromatic N) is 1. The fraction of sp³-hybridized carbons (Fsp3) is 0.933. The molecule has 1 aliphatic heterocycles. The fourth-order valence-electron chi connectivity index (χ4n) is 2.88. The Morgan fingerprint density at radius 2 is 1.90 bits per heavy atom. The Morgan fingerprint density at radius 1 is 1.20 bits per heavy atom. The quantitative estimate of drug-likeness (QED) is 0.807. The van der Waals surface area contributed by atoms with Gasteiger partial charge in [0, 0.05) is 19.1 Å². The molecule has 5 heteroatoms. The third-order valence-corrected chi connectivity index (χ3v) is 3.88. The molecule has 1 amide bonds. The maximum Gasteiger partial charge on any atom is 0.410 e. The molecule has 116 valence electrons. The molecule has 0 bridgehead atoms. The molecule has 1 atom stereocenters. The summed E-state index contributed by atoms with van der Waals surface area (Å²) in [5.74, 6) is 0. The molecule has 1 heterocycles. The third-order valence-electron chi connectivity index (χ3n) is 3.88. The van der Waals surface area contributed by atoms with Gasteiger partial charge in [-0.2, -0.15) is 0 Å². The van der Waals surface area contributed by atoms with Gasteiger partial charge in [-0.25, -0.2) is 10.3 Å². The Labute approximate surface area is 121 Å². The Balaban J connectivity index is 1.73. The minimum atomic E-state index is -0.433. The predicted octanol–water partition coefficient (Wildman–Crippen LogP) is 2.85. The van der Waals surface area contributed by atoms with Crippen LogP contribution < -0.4 is 5.48 Å². The maximum atomic E-state index is 12.1. The van der Waals surface area contributed by atoms with Crippen LogP contribution in [0.3, 0.4) is 0 Å². The third kappa shape index (κ3) is 4.63. The van der Waals surface area contributed by atoms with Gasteiger partial charge in [-0.3, -0.25) is 4.84 Å². The molecule has 0 aromatic carbocycles. The summed E-state index contributed by atoms with van der Waals surface area (Å²) in [5, 5.41) is 0. The van der Waals surface area contributed by atoms with Crippen molar-refractivity contribution < 1.29 is 14.4 Å². The van der Waals surface area contributed by atoms with Crippen molar-refractivity contribution in [2.75, 3.05) is 13.1 Å². The number of hydrogen-bond acceptors (Lipinski definition) is 4. The highest BCUT2D eigenvalue weighted by Gasteiger charge is 2.32. The predicted molar refractivity (Wildman–Crippen MR) is 77.3 cm³/mol. The number of ether oxygens (including phenoxy) is 1. The van der Waals surface area contributed by atoms with Crippen LogP contribution in [0.25, 0.3) is 0 Å². The molecular weight excluding hydrogens is 256 g/mol. The number of rotatable bonds is 4. The second-order valence-corrected chi connectivity index (χ2v) is 6.84. The molecule has 1 unspecified atom stereocenters. The molecule has 20 heavy (non-hydrogen) atoms. The number of nitrogens with one attached hydrogen (secondary N) is 1. The Hall–Kier alpha value is -0.810. The van der Waals surface area contributed by atoms with E-state index in [1.165, 1.54) is 12.8 Å². The number of likely N-dealkylation sites (tertiary alicyclic amines) is 1. The summed E-state index contributed by atoms with van der Waals surface area (Å²) in [6, 6.07) is 0.186. The summed E-state index contributed by atoms with van der Waals surface area (Å²) in [6.07, 6.45) is 7.02. The van der Waals surface area contributed by atoms with E-state index in [0.29, 0.717) is 12.6 Å². The number of carbonyl (C=O) groups excluding carboxylic acids is 1. The zero-order valence-corrected chi connectivity index (χ0v) is 13.0. The second kappa shape index (κ2) is 6.76. The lowest BCUT2D eigenvalue weighted by molar-refractivity contribution is -0.0312. The number of amides is 1. The van der Waals surface area contributed by atoms with E-state index in [1.54, 1.807) is 0 Å². The summed E-state index contributed by atoms with van der Waals surface area (Å²) in [6.45, 7) is 7.17. The van der Waals surface area contributed by atoms with Crippen LogP contribution in [-0.2, 0) is 9.57 Å². The minimum Gasteiger partial charge on any atom is -0.444 e. The van der Waals surface area contributed by atoms with Gasteiger partial charge in [-0.15, -0.1) is 0 Å². The van der Waals surface area contributed by atoms with Gasteiger partial charge < -0.3 is 9.64 Å². The van der Waals surface area contributed by atoms with Crippen molar-refractivity contribution in [1.82, 2.24) is 10.4 Å². The lowest BCUT2D eigenvalue weighted by atomic mass is 10.2. The van der Waals surface area contributed by atoms with E-state index in [2.05, 4.69) is 5.48 Å². The van der Waals surface area contributed by atoms with Crippen molar-refractivity contribution in [2.45, 2.75) is 77.0 Å². The first-order valence-electron chi connectivity index (χ1n) is 7.84. The van der Waals surface area contributed by atoms with E-state index in [9.17, 15) is 4.79 Å². The highest BCUT2D eigenvalue weighted by Crippen LogP contribution is 2.22. The van der Waals surface area contributed by atoms with Crippen molar-refractivity contribution in [1.29, 1.82) is 0 Å². The summed E-state index contributed by atoms with van der Waals surface area (Å²) >= 11 is 0. The molecule has 1 saturated heterocycles. The Morgan fingerprint density at radius 3 is 2.55 bits per heavy atom. The number of hydrogen-bond donors (Lipinski definition) is 1. The Bertz CT molecular complexity index is 322. The van der Waals surface area contributed by atoms with Crippen LogP contribution in [0, 0.1) is 0 Å². The van der Waals surface area contributed by atoms with Crippen LogP contribution in [0.1, 0.15) is 59.3 Å². The Kier molecular flexibility index (Phi) is 5.27. The van der Waals surface area contributed by atoms with Gasteiger partial charge in [-0.05, 0) is 46.5 Å². The van der Waals surface area contributed by atoms with E-state index < -0.39 is 5.60 Å². The van der Waals surface area contributed by atoms with Gasteiger partial charge in [0.05, 0.1) is 6.10 Å². The molecule has 0 radical (unpaired) electrons. The van der Waals surface area contributed by atoms with Gasteiger partial charge in [0.25, 0.3) is 0 Å². The fourth-order valence-corrected chi connectivity index (χ4v) is 2.88. The average Bonchev–Trinajstić information content (AvgIpc) is 2.97. The van der Waals surface area contributed by atoms with Crippen molar-refractivity contribution in [3.05, 3.63) is 0 Å². The zero-order valence-electron chi connectivity index (χ0n) is 13.0. The van der Waals surface area contributed by atoms with Gasteiger partial charge in [0.15, 0.2) is 0 Å². The molecule has 2 fully saturated rings. The van der Waals surface area contributed by atoms with Crippen LogP contribution in [0.4, 0.5) is 4.79 Å². The highest BCUT2D eigenvalue weighted by atomic mass is 16.7. The molecule has 1 saturated carbocycles. The normalized spacial score (nSPS) is 24.4. The number of hydroxylamine groups is 1. The smallest absolute Gasteiger partial charge is 0.410 e. The topological polar surface area (TPSA) is 50.8 Å².